The highest BCUT2D eigenvalue weighted by atomic mass is 35.5. The number of aryl methyl sites for hydroxylation is 3. The fourth-order valence-electron chi connectivity index (χ4n) is 2.68. The molecule has 0 unspecified atom stereocenters. The van der Waals surface area contributed by atoms with Gasteiger partial charge in [0.2, 0.25) is 0 Å². The van der Waals surface area contributed by atoms with Gasteiger partial charge in [-0.2, -0.15) is 5.26 Å². The van der Waals surface area contributed by atoms with Crippen LogP contribution < -0.4 is 0 Å². The Balaban J connectivity index is 2.12. The second-order valence-electron chi connectivity index (χ2n) is 4.94. The Hall–Kier alpha value is -1.85. The van der Waals surface area contributed by atoms with E-state index >= 15 is 0 Å². The minimum atomic E-state index is 0.281. The minimum Gasteiger partial charge on any atom is -0.234 e. The zero-order valence-corrected chi connectivity index (χ0v) is 11.5. The molecule has 0 N–H and O–H groups in total. The lowest BCUT2D eigenvalue weighted by Gasteiger charge is -2.09. The fraction of sp³-hybridized carbons (Fsp3) is 0.250. The monoisotopic (exact) mass is 268 g/mol. The van der Waals surface area contributed by atoms with Crippen molar-refractivity contribution in [1.29, 1.82) is 5.26 Å². The van der Waals surface area contributed by atoms with Crippen molar-refractivity contribution in [1.82, 2.24) is 4.98 Å². The molecule has 0 radical (unpaired) electrons. The van der Waals surface area contributed by atoms with E-state index in [2.05, 4.69) is 29.3 Å². The third-order valence-electron chi connectivity index (χ3n) is 3.66. The Morgan fingerprint density at radius 2 is 2.00 bits per heavy atom. The molecule has 0 bridgehead atoms. The van der Waals surface area contributed by atoms with Crippen LogP contribution in [-0.2, 0) is 12.8 Å². The van der Waals surface area contributed by atoms with Crippen molar-refractivity contribution < 1.29 is 0 Å². The van der Waals surface area contributed by atoms with Gasteiger partial charge in [0.05, 0.1) is 11.3 Å². The summed E-state index contributed by atoms with van der Waals surface area (Å²) in [7, 11) is 0. The quantitative estimate of drug-likeness (QED) is 0.731. The van der Waals surface area contributed by atoms with E-state index in [-0.39, 0.29) is 5.15 Å². The summed E-state index contributed by atoms with van der Waals surface area (Å²) in [4.78, 5) is 4.38. The Bertz CT molecular complexity index is 699. The van der Waals surface area contributed by atoms with Gasteiger partial charge in [-0.05, 0) is 55.0 Å². The molecule has 1 aromatic carbocycles. The molecule has 3 rings (SSSR count). The number of hydrogen-bond acceptors (Lipinski definition) is 2. The smallest absolute Gasteiger partial charge is 0.147 e. The van der Waals surface area contributed by atoms with E-state index in [9.17, 15) is 0 Å². The Kier molecular flexibility index (Phi) is 3.00. The van der Waals surface area contributed by atoms with Crippen molar-refractivity contribution in [3.05, 3.63) is 51.7 Å². The second kappa shape index (κ2) is 4.68. The Morgan fingerprint density at radius 1 is 1.21 bits per heavy atom. The molecule has 0 aliphatic heterocycles. The van der Waals surface area contributed by atoms with Gasteiger partial charge in [-0.3, -0.25) is 0 Å². The summed E-state index contributed by atoms with van der Waals surface area (Å²) < 4.78 is 0. The lowest BCUT2D eigenvalue weighted by molar-refractivity contribution is 0.912. The van der Waals surface area contributed by atoms with Gasteiger partial charge in [-0.1, -0.05) is 23.7 Å². The van der Waals surface area contributed by atoms with Crippen LogP contribution in [0.3, 0.4) is 0 Å². The molecule has 0 saturated carbocycles. The summed E-state index contributed by atoms with van der Waals surface area (Å²) >= 11 is 6.04. The van der Waals surface area contributed by atoms with Crippen molar-refractivity contribution in [2.45, 2.75) is 26.2 Å². The third kappa shape index (κ3) is 2.11. The fourth-order valence-corrected chi connectivity index (χ4v) is 2.86. The predicted molar refractivity (Wildman–Crippen MR) is 76.2 cm³/mol. The van der Waals surface area contributed by atoms with E-state index in [4.69, 9.17) is 16.9 Å². The van der Waals surface area contributed by atoms with Crippen molar-refractivity contribution in [3.8, 4) is 17.3 Å². The molecule has 1 aliphatic carbocycles. The largest absolute Gasteiger partial charge is 0.234 e. The van der Waals surface area contributed by atoms with Crippen LogP contribution in [0.15, 0.2) is 24.3 Å². The summed E-state index contributed by atoms with van der Waals surface area (Å²) in [6.45, 7) is 1.97. The standard InChI is InChI=1S/C16H13ClN2/c1-10-7-14(9-18)16(17)19-15(10)13-6-5-11-3-2-4-12(11)8-13/h5-8H,2-4H2,1H3. The molecule has 0 saturated heterocycles. The van der Waals surface area contributed by atoms with Crippen molar-refractivity contribution in [3.63, 3.8) is 0 Å². The maximum atomic E-state index is 8.96. The van der Waals surface area contributed by atoms with Crippen molar-refractivity contribution in [2.24, 2.45) is 0 Å². The van der Waals surface area contributed by atoms with Crippen LogP contribution in [-0.4, -0.2) is 4.98 Å². The van der Waals surface area contributed by atoms with Crippen LogP contribution in [0, 0.1) is 18.3 Å². The van der Waals surface area contributed by atoms with Crippen LogP contribution in [0.25, 0.3) is 11.3 Å². The maximum absolute atomic E-state index is 8.96. The topological polar surface area (TPSA) is 36.7 Å². The number of pyridine rings is 1. The first-order valence-electron chi connectivity index (χ1n) is 6.38. The zero-order valence-electron chi connectivity index (χ0n) is 10.7. The number of nitrogens with zero attached hydrogens (tertiary/aromatic N) is 2. The number of rotatable bonds is 1. The molecule has 1 aromatic heterocycles. The zero-order chi connectivity index (χ0) is 13.4. The molecule has 1 heterocycles. The van der Waals surface area contributed by atoms with Gasteiger partial charge < -0.3 is 0 Å². The molecule has 0 fully saturated rings. The molecule has 0 atom stereocenters. The summed E-state index contributed by atoms with van der Waals surface area (Å²) in [5.74, 6) is 0. The number of halogens is 1. The van der Waals surface area contributed by atoms with E-state index in [0.717, 1.165) is 23.2 Å². The normalized spacial score (nSPS) is 13.1. The average Bonchev–Trinajstić information content (AvgIpc) is 2.88. The van der Waals surface area contributed by atoms with Gasteiger partial charge in [-0.25, -0.2) is 4.98 Å². The van der Waals surface area contributed by atoms with E-state index in [1.54, 1.807) is 6.07 Å². The van der Waals surface area contributed by atoms with Gasteiger partial charge in [0, 0.05) is 5.56 Å². The Morgan fingerprint density at radius 3 is 2.79 bits per heavy atom. The molecule has 3 heteroatoms. The molecule has 0 amide bonds. The van der Waals surface area contributed by atoms with Crippen molar-refractivity contribution in [2.75, 3.05) is 0 Å². The maximum Gasteiger partial charge on any atom is 0.147 e. The number of aromatic nitrogens is 1. The van der Waals surface area contributed by atoms with Gasteiger partial charge in [0.25, 0.3) is 0 Å². The summed E-state index contributed by atoms with van der Waals surface area (Å²) in [5.41, 5.74) is 6.24. The van der Waals surface area contributed by atoms with Crippen LogP contribution in [0.1, 0.15) is 28.7 Å². The first-order valence-corrected chi connectivity index (χ1v) is 6.76. The third-order valence-corrected chi connectivity index (χ3v) is 3.95. The highest BCUT2D eigenvalue weighted by molar-refractivity contribution is 6.30. The van der Waals surface area contributed by atoms with E-state index in [0.29, 0.717) is 5.56 Å². The number of hydrogen-bond donors (Lipinski definition) is 0. The molecule has 0 spiro atoms. The second-order valence-corrected chi connectivity index (χ2v) is 5.30. The summed E-state index contributed by atoms with van der Waals surface area (Å²) in [6, 6.07) is 10.4. The van der Waals surface area contributed by atoms with E-state index in [1.165, 1.54) is 24.0 Å². The lowest BCUT2D eigenvalue weighted by atomic mass is 10.0. The number of benzene rings is 1. The molecule has 1 aliphatic rings. The molecule has 2 nitrogen and oxygen atoms in total. The van der Waals surface area contributed by atoms with Crippen molar-refractivity contribution >= 4 is 11.6 Å². The molecule has 2 aromatic rings. The van der Waals surface area contributed by atoms with Crippen LogP contribution in [0.5, 0.6) is 0 Å². The lowest BCUT2D eigenvalue weighted by Crippen LogP contribution is -1.93. The van der Waals surface area contributed by atoms with Crippen LogP contribution >= 0.6 is 11.6 Å². The molecule has 19 heavy (non-hydrogen) atoms. The van der Waals surface area contributed by atoms with Gasteiger partial charge in [0.1, 0.15) is 11.2 Å². The Labute approximate surface area is 117 Å². The minimum absolute atomic E-state index is 0.281. The predicted octanol–water partition coefficient (Wildman–Crippen LogP) is 4.07. The van der Waals surface area contributed by atoms with Crippen LogP contribution in [0.2, 0.25) is 5.15 Å². The van der Waals surface area contributed by atoms with E-state index < -0.39 is 0 Å². The first kappa shape index (κ1) is 12.2. The molecule has 94 valence electrons. The summed E-state index contributed by atoms with van der Waals surface area (Å²) in [5, 5.41) is 9.24. The number of nitriles is 1. The highest BCUT2D eigenvalue weighted by Gasteiger charge is 2.14. The van der Waals surface area contributed by atoms with Gasteiger partial charge >= 0.3 is 0 Å². The van der Waals surface area contributed by atoms with Crippen LogP contribution in [0.4, 0.5) is 0 Å². The average molecular weight is 269 g/mol. The SMILES string of the molecule is Cc1cc(C#N)c(Cl)nc1-c1ccc2c(c1)CCC2. The van der Waals surface area contributed by atoms with Gasteiger partial charge in [0.15, 0.2) is 0 Å². The van der Waals surface area contributed by atoms with Gasteiger partial charge in [-0.15, -0.1) is 0 Å². The summed E-state index contributed by atoms with van der Waals surface area (Å²) in [6.07, 6.45) is 3.56. The molecular formula is C16H13ClN2. The highest BCUT2D eigenvalue weighted by Crippen LogP contribution is 2.30. The van der Waals surface area contributed by atoms with E-state index in [1.807, 2.05) is 6.92 Å². The molecular weight excluding hydrogens is 256 g/mol. The number of fused-ring (bicyclic) bond motifs is 1. The first-order chi connectivity index (χ1) is 9.19.